The second-order valence-electron chi connectivity index (χ2n) is 6.92. The molecule has 0 spiro atoms. The highest BCUT2D eigenvalue weighted by atomic mass is 16.5. The van der Waals surface area contributed by atoms with Crippen LogP contribution in [0.4, 0.5) is 0 Å². The van der Waals surface area contributed by atoms with Crippen LogP contribution < -0.4 is 10.6 Å². The van der Waals surface area contributed by atoms with E-state index < -0.39 is 0 Å². The lowest BCUT2D eigenvalue weighted by Gasteiger charge is -2.23. The molecule has 1 aromatic heterocycles. The number of nitrogens with one attached hydrogen (secondary N) is 2. The van der Waals surface area contributed by atoms with Gasteiger partial charge in [0.25, 0.3) is 0 Å². The van der Waals surface area contributed by atoms with Gasteiger partial charge in [-0.2, -0.15) is 4.98 Å². The van der Waals surface area contributed by atoms with Gasteiger partial charge >= 0.3 is 0 Å². The van der Waals surface area contributed by atoms with Crippen molar-refractivity contribution < 1.29 is 14.1 Å². The molecule has 2 atom stereocenters. The van der Waals surface area contributed by atoms with E-state index in [0.717, 1.165) is 24.0 Å². The quantitative estimate of drug-likeness (QED) is 0.874. The maximum atomic E-state index is 12.5. The Balaban J connectivity index is 1.47. The van der Waals surface area contributed by atoms with Crippen molar-refractivity contribution in [2.45, 2.75) is 45.1 Å². The molecule has 7 nitrogen and oxygen atoms in total. The summed E-state index contributed by atoms with van der Waals surface area (Å²) in [6.45, 7) is 2.55. The van der Waals surface area contributed by atoms with Crippen LogP contribution in [0.3, 0.4) is 0 Å². The summed E-state index contributed by atoms with van der Waals surface area (Å²) >= 11 is 0. The third kappa shape index (κ3) is 3.21. The third-order valence-electron chi connectivity index (χ3n) is 5.18. The molecule has 0 unspecified atom stereocenters. The fourth-order valence-electron chi connectivity index (χ4n) is 3.72. The molecular weight excluding hydrogens is 332 g/mol. The zero-order chi connectivity index (χ0) is 18.1. The maximum absolute atomic E-state index is 12.5. The largest absolute Gasteiger partial charge is 0.356 e. The van der Waals surface area contributed by atoms with Crippen molar-refractivity contribution in [3.63, 3.8) is 0 Å². The summed E-state index contributed by atoms with van der Waals surface area (Å²) in [4.78, 5) is 28.4. The summed E-state index contributed by atoms with van der Waals surface area (Å²) < 4.78 is 5.19. The molecule has 136 valence electrons. The molecule has 4 rings (SSSR count). The number of piperidine rings is 1. The fourth-order valence-corrected chi connectivity index (χ4v) is 3.72. The van der Waals surface area contributed by atoms with Gasteiger partial charge in [-0.25, -0.2) is 0 Å². The number of carbonyl (C=O) groups excluding carboxylic acids is 2. The molecule has 0 radical (unpaired) electrons. The van der Waals surface area contributed by atoms with E-state index in [1.165, 1.54) is 5.56 Å². The molecule has 1 fully saturated rings. The highest BCUT2D eigenvalue weighted by molar-refractivity contribution is 5.87. The lowest BCUT2D eigenvalue weighted by atomic mass is 9.96. The number of aryl methyl sites for hydroxylation is 2. The molecule has 1 aromatic carbocycles. The predicted octanol–water partition coefficient (Wildman–Crippen LogP) is 1.93. The van der Waals surface area contributed by atoms with Gasteiger partial charge in [0.15, 0.2) is 0 Å². The number of aromatic nitrogens is 2. The lowest BCUT2D eigenvalue weighted by molar-refractivity contribution is -0.132. The topological polar surface area (TPSA) is 97.1 Å². The van der Waals surface area contributed by atoms with Gasteiger partial charge in [-0.15, -0.1) is 0 Å². The van der Waals surface area contributed by atoms with E-state index in [1.807, 2.05) is 19.1 Å². The summed E-state index contributed by atoms with van der Waals surface area (Å²) in [7, 11) is 0. The second kappa shape index (κ2) is 6.90. The average Bonchev–Trinajstić information content (AvgIpc) is 3.28. The first-order valence-corrected chi connectivity index (χ1v) is 9.17. The number of benzene rings is 1. The standard InChI is InChI=1S/C19H22N4O3/c1-2-17-22-18(23-26-17)12-3-5-14-11(9-12)4-6-15(14)21-19(25)13-7-8-20-16(24)10-13/h3,5,9,13,15H,2,4,6-8,10H2,1H3,(H,20,24)(H,21,25)/t13-,15-/m1/s1. The van der Waals surface area contributed by atoms with Crippen LogP contribution in [0.1, 0.15) is 49.2 Å². The second-order valence-corrected chi connectivity index (χ2v) is 6.92. The summed E-state index contributed by atoms with van der Waals surface area (Å²) in [5.41, 5.74) is 3.28. The molecule has 2 aromatic rings. The molecule has 2 heterocycles. The van der Waals surface area contributed by atoms with Crippen molar-refractivity contribution in [1.82, 2.24) is 20.8 Å². The van der Waals surface area contributed by atoms with Crippen molar-refractivity contribution in [3.05, 3.63) is 35.2 Å². The van der Waals surface area contributed by atoms with Crippen LogP contribution in [0.5, 0.6) is 0 Å². The van der Waals surface area contributed by atoms with E-state index in [9.17, 15) is 9.59 Å². The number of hydrogen-bond acceptors (Lipinski definition) is 5. The number of amides is 2. The van der Waals surface area contributed by atoms with E-state index in [1.54, 1.807) is 0 Å². The molecule has 1 aliphatic carbocycles. The fraction of sp³-hybridized carbons (Fsp3) is 0.474. The molecule has 0 bridgehead atoms. The van der Waals surface area contributed by atoms with Gasteiger partial charge in [0.2, 0.25) is 23.5 Å². The van der Waals surface area contributed by atoms with Crippen LogP contribution in [-0.2, 0) is 22.4 Å². The van der Waals surface area contributed by atoms with Crippen molar-refractivity contribution in [2.24, 2.45) is 5.92 Å². The number of fused-ring (bicyclic) bond motifs is 1. The summed E-state index contributed by atoms with van der Waals surface area (Å²) in [5, 5.41) is 9.92. The Kier molecular flexibility index (Phi) is 4.44. The molecule has 2 N–H and O–H groups in total. The minimum Gasteiger partial charge on any atom is -0.356 e. The highest BCUT2D eigenvalue weighted by Crippen LogP contribution is 2.34. The van der Waals surface area contributed by atoms with Crippen LogP contribution in [0, 0.1) is 5.92 Å². The van der Waals surface area contributed by atoms with Crippen LogP contribution in [-0.4, -0.2) is 28.5 Å². The van der Waals surface area contributed by atoms with Gasteiger partial charge < -0.3 is 15.2 Å². The Morgan fingerprint density at radius 3 is 3.04 bits per heavy atom. The summed E-state index contributed by atoms with van der Waals surface area (Å²) in [6.07, 6.45) is 3.47. The van der Waals surface area contributed by atoms with E-state index in [2.05, 4.69) is 26.8 Å². The molecule has 0 saturated carbocycles. The number of rotatable bonds is 4. The van der Waals surface area contributed by atoms with Crippen LogP contribution >= 0.6 is 0 Å². The van der Waals surface area contributed by atoms with Crippen molar-refractivity contribution in [2.75, 3.05) is 6.54 Å². The molecule has 1 saturated heterocycles. The van der Waals surface area contributed by atoms with Crippen LogP contribution in [0.15, 0.2) is 22.7 Å². The van der Waals surface area contributed by atoms with E-state index in [4.69, 9.17) is 4.52 Å². The smallest absolute Gasteiger partial charge is 0.226 e. The predicted molar refractivity (Wildman–Crippen MR) is 94.1 cm³/mol. The number of nitrogens with zero attached hydrogens (tertiary/aromatic N) is 2. The van der Waals surface area contributed by atoms with E-state index in [0.29, 0.717) is 31.1 Å². The number of carbonyl (C=O) groups is 2. The zero-order valence-electron chi connectivity index (χ0n) is 14.7. The first kappa shape index (κ1) is 16.8. The van der Waals surface area contributed by atoms with Gasteiger partial charge in [0, 0.05) is 30.9 Å². The summed E-state index contributed by atoms with van der Waals surface area (Å²) in [6, 6.07) is 6.10. The van der Waals surface area contributed by atoms with Gasteiger partial charge in [0.05, 0.1) is 6.04 Å². The van der Waals surface area contributed by atoms with E-state index >= 15 is 0 Å². The van der Waals surface area contributed by atoms with Crippen molar-refractivity contribution >= 4 is 11.8 Å². The zero-order valence-corrected chi connectivity index (χ0v) is 14.7. The van der Waals surface area contributed by atoms with Crippen molar-refractivity contribution in [3.8, 4) is 11.4 Å². The Morgan fingerprint density at radius 1 is 1.38 bits per heavy atom. The molecule has 1 aliphatic heterocycles. The first-order chi connectivity index (χ1) is 12.6. The van der Waals surface area contributed by atoms with Crippen LogP contribution in [0.25, 0.3) is 11.4 Å². The number of hydrogen-bond donors (Lipinski definition) is 2. The minimum atomic E-state index is -0.223. The van der Waals surface area contributed by atoms with Gasteiger partial charge in [0.1, 0.15) is 0 Å². The lowest BCUT2D eigenvalue weighted by Crippen LogP contribution is -2.41. The average molecular weight is 354 g/mol. The Bertz CT molecular complexity index is 845. The van der Waals surface area contributed by atoms with Crippen molar-refractivity contribution in [1.29, 1.82) is 0 Å². The maximum Gasteiger partial charge on any atom is 0.226 e. The SMILES string of the molecule is CCc1nc(-c2ccc3c(c2)CC[C@H]3NC(=O)[C@@H]2CCNC(=O)C2)no1. The summed E-state index contributed by atoms with van der Waals surface area (Å²) in [5.74, 6) is 0.943. The monoisotopic (exact) mass is 354 g/mol. The van der Waals surface area contributed by atoms with Crippen LogP contribution in [0.2, 0.25) is 0 Å². The Hall–Kier alpha value is -2.70. The highest BCUT2D eigenvalue weighted by Gasteiger charge is 2.30. The molecule has 2 amide bonds. The van der Waals surface area contributed by atoms with Gasteiger partial charge in [-0.3, -0.25) is 9.59 Å². The Morgan fingerprint density at radius 2 is 2.27 bits per heavy atom. The van der Waals surface area contributed by atoms with E-state index in [-0.39, 0.29) is 30.2 Å². The third-order valence-corrected chi connectivity index (χ3v) is 5.18. The molecule has 26 heavy (non-hydrogen) atoms. The van der Waals surface area contributed by atoms with Gasteiger partial charge in [-0.1, -0.05) is 24.2 Å². The van der Waals surface area contributed by atoms with Gasteiger partial charge in [-0.05, 0) is 36.5 Å². The minimum absolute atomic E-state index is 0.00742. The molecule has 7 heteroatoms. The molecular formula is C19H22N4O3. The normalized spacial score (nSPS) is 22.0. The Labute approximate surface area is 151 Å². The first-order valence-electron chi connectivity index (χ1n) is 9.17. The molecule has 2 aliphatic rings.